The molecule has 1 aromatic carbocycles. The highest BCUT2D eigenvalue weighted by atomic mass is 19.1. The topological polar surface area (TPSA) is 78.4 Å². The lowest BCUT2D eigenvalue weighted by atomic mass is 10.3. The van der Waals surface area contributed by atoms with Crippen molar-refractivity contribution in [3.63, 3.8) is 0 Å². The van der Waals surface area contributed by atoms with E-state index in [1.54, 1.807) is 24.5 Å². The second-order valence-electron chi connectivity index (χ2n) is 5.26. The molecule has 1 saturated heterocycles. The van der Waals surface area contributed by atoms with Gasteiger partial charge in [-0.1, -0.05) is 12.1 Å². The van der Waals surface area contributed by atoms with Crippen LogP contribution in [-0.4, -0.2) is 52.9 Å². The number of nitrogens with zero attached hydrogens (tertiary/aromatic N) is 4. The quantitative estimate of drug-likeness (QED) is 0.829. The van der Waals surface area contributed by atoms with Crippen LogP contribution in [-0.2, 0) is 9.59 Å². The summed E-state index contributed by atoms with van der Waals surface area (Å²) >= 11 is 0. The molecule has 1 aliphatic heterocycles. The Kier molecular flexibility index (Phi) is 4.64. The molecule has 1 N–H and O–H groups in total. The molecule has 2 aromatic rings. The number of piperazine rings is 1. The smallest absolute Gasteiger partial charge is 0.313 e. The van der Waals surface area contributed by atoms with Crippen LogP contribution in [0, 0.1) is 5.82 Å². The predicted molar refractivity (Wildman–Crippen MR) is 85.9 cm³/mol. The van der Waals surface area contributed by atoms with Gasteiger partial charge in [0.2, 0.25) is 5.95 Å². The van der Waals surface area contributed by atoms with Gasteiger partial charge in [-0.25, -0.2) is 14.4 Å². The monoisotopic (exact) mass is 329 g/mol. The number of anilines is 2. The van der Waals surface area contributed by atoms with E-state index in [0.29, 0.717) is 32.1 Å². The molecule has 7 nitrogen and oxygen atoms in total. The second kappa shape index (κ2) is 7.03. The first kappa shape index (κ1) is 15.9. The molecule has 1 aliphatic rings. The standard InChI is InChI=1S/C16H16FN5O2/c17-12-4-1-2-5-13(12)20-14(23)15(24)21-8-10-22(11-9-21)16-18-6-3-7-19-16/h1-7H,8-11H2,(H,20,23). The number of amides is 2. The molecule has 0 bridgehead atoms. The molecule has 124 valence electrons. The van der Waals surface area contributed by atoms with Crippen LogP contribution >= 0.6 is 0 Å². The number of nitrogens with one attached hydrogen (secondary N) is 1. The number of aromatic nitrogens is 2. The molecule has 0 saturated carbocycles. The molecule has 0 radical (unpaired) electrons. The number of para-hydroxylation sites is 1. The van der Waals surface area contributed by atoms with Crippen LogP contribution in [0.1, 0.15) is 0 Å². The number of hydrogen-bond acceptors (Lipinski definition) is 5. The van der Waals surface area contributed by atoms with Crippen LogP contribution in [0.3, 0.4) is 0 Å². The fourth-order valence-corrected chi connectivity index (χ4v) is 2.45. The minimum Gasteiger partial charge on any atom is -0.337 e. The molecule has 1 fully saturated rings. The number of carbonyl (C=O) groups is 2. The van der Waals surface area contributed by atoms with Crippen LogP contribution in [0.4, 0.5) is 16.0 Å². The van der Waals surface area contributed by atoms with Crippen molar-refractivity contribution < 1.29 is 14.0 Å². The number of halogens is 1. The lowest BCUT2D eigenvalue weighted by Gasteiger charge is -2.34. The summed E-state index contributed by atoms with van der Waals surface area (Å²) in [5.41, 5.74) is -0.00725. The number of carbonyl (C=O) groups excluding carboxylic acids is 2. The Morgan fingerprint density at radius 3 is 2.33 bits per heavy atom. The summed E-state index contributed by atoms with van der Waals surface area (Å²) in [4.78, 5) is 35.9. The number of benzene rings is 1. The van der Waals surface area contributed by atoms with Gasteiger partial charge in [-0.05, 0) is 18.2 Å². The van der Waals surface area contributed by atoms with E-state index < -0.39 is 17.6 Å². The van der Waals surface area contributed by atoms with Crippen LogP contribution in [0.5, 0.6) is 0 Å². The maximum absolute atomic E-state index is 13.5. The third kappa shape index (κ3) is 3.48. The fourth-order valence-electron chi connectivity index (χ4n) is 2.45. The first-order chi connectivity index (χ1) is 11.6. The minimum absolute atomic E-state index is 0.00725. The first-order valence-electron chi connectivity index (χ1n) is 7.52. The molecule has 2 amide bonds. The molecule has 2 heterocycles. The Hall–Kier alpha value is -3.03. The maximum Gasteiger partial charge on any atom is 0.313 e. The lowest BCUT2D eigenvalue weighted by Crippen LogP contribution is -2.52. The van der Waals surface area contributed by atoms with E-state index in [-0.39, 0.29) is 5.69 Å². The molecule has 24 heavy (non-hydrogen) atoms. The lowest BCUT2D eigenvalue weighted by molar-refractivity contribution is -0.143. The summed E-state index contributed by atoms with van der Waals surface area (Å²) in [6.45, 7) is 1.81. The molecule has 8 heteroatoms. The summed E-state index contributed by atoms with van der Waals surface area (Å²) in [5, 5.41) is 2.31. The van der Waals surface area contributed by atoms with Gasteiger partial charge in [0.15, 0.2) is 0 Å². The van der Waals surface area contributed by atoms with Gasteiger partial charge >= 0.3 is 11.8 Å². The molecule has 0 spiro atoms. The average Bonchev–Trinajstić information content (AvgIpc) is 2.64. The second-order valence-corrected chi connectivity index (χ2v) is 5.26. The zero-order valence-electron chi connectivity index (χ0n) is 12.9. The fraction of sp³-hybridized carbons (Fsp3) is 0.250. The third-order valence-electron chi connectivity index (χ3n) is 3.72. The highest BCUT2D eigenvalue weighted by Crippen LogP contribution is 2.13. The zero-order chi connectivity index (χ0) is 16.9. The van der Waals surface area contributed by atoms with Crippen molar-refractivity contribution in [3.8, 4) is 0 Å². The highest BCUT2D eigenvalue weighted by Gasteiger charge is 2.27. The third-order valence-corrected chi connectivity index (χ3v) is 3.72. The van der Waals surface area contributed by atoms with Crippen LogP contribution in [0.15, 0.2) is 42.7 Å². The van der Waals surface area contributed by atoms with E-state index in [1.165, 1.54) is 23.1 Å². The minimum atomic E-state index is -0.843. The Morgan fingerprint density at radius 2 is 1.67 bits per heavy atom. The molecule has 0 unspecified atom stereocenters. The van der Waals surface area contributed by atoms with E-state index in [1.807, 2.05) is 4.90 Å². The van der Waals surface area contributed by atoms with Crippen molar-refractivity contribution in [2.45, 2.75) is 0 Å². The van der Waals surface area contributed by atoms with Crippen LogP contribution in [0.2, 0.25) is 0 Å². The van der Waals surface area contributed by atoms with Gasteiger partial charge in [-0.2, -0.15) is 0 Å². The van der Waals surface area contributed by atoms with E-state index >= 15 is 0 Å². The Labute approximate surface area is 138 Å². The van der Waals surface area contributed by atoms with Gasteiger partial charge in [0.1, 0.15) is 5.82 Å². The summed E-state index contributed by atoms with van der Waals surface area (Å²) in [5.74, 6) is -1.50. The van der Waals surface area contributed by atoms with E-state index in [0.717, 1.165) is 0 Å². The molecule has 0 atom stereocenters. The Bertz CT molecular complexity index is 732. The number of rotatable bonds is 2. The van der Waals surface area contributed by atoms with Gasteiger partial charge < -0.3 is 15.1 Å². The predicted octanol–water partition coefficient (Wildman–Crippen LogP) is 0.903. The summed E-state index contributed by atoms with van der Waals surface area (Å²) in [6, 6.07) is 7.46. The van der Waals surface area contributed by atoms with Crippen molar-refractivity contribution >= 4 is 23.5 Å². The first-order valence-corrected chi connectivity index (χ1v) is 7.52. The van der Waals surface area contributed by atoms with E-state index in [4.69, 9.17) is 0 Å². The molecule has 0 aliphatic carbocycles. The molecular weight excluding hydrogens is 313 g/mol. The highest BCUT2D eigenvalue weighted by molar-refractivity contribution is 6.39. The SMILES string of the molecule is O=C(Nc1ccccc1F)C(=O)N1CCN(c2ncccn2)CC1. The van der Waals surface area contributed by atoms with Crippen LogP contribution in [0.25, 0.3) is 0 Å². The zero-order valence-corrected chi connectivity index (χ0v) is 12.9. The van der Waals surface area contributed by atoms with Crippen molar-refractivity contribution in [1.29, 1.82) is 0 Å². The summed E-state index contributed by atoms with van der Waals surface area (Å²) < 4.78 is 13.5. The van der Waals surface area contributed by atoms with E-state index in [2.05, 4.69) is 15.3 Å². The van der Waals surface area contributed by atoms with Gasteiger partial charge in [0, 0.05) is 38.6 Å². The molecule has 3 rings (SSSR count). The Balaban J connectivity index is 1.57. The van der Waals surface area contributed by atoms with Crippen molar-refractivity contribution in [2.75, 3.05) is 36.4 Å². The molecular formula is C16H16FN5O2. The van der Waals surface area contributed by atoms with Crippen molar-refractivity contribution in [3.05, 3.63) is 48.5 Å². The van der Waals surface area contributed by atoms with Crippen molar-refractivity contribution in [1.82, 2.24) is 14.9 Å². The van der Waals surface area contributed by atoms with Gasteiger partial charge in [-0.15, -0.1) is 0 Å². The van der Waals surface area contributed by atoms with Crippen LogP contribution < -0.4 is 10.2 Å². The van der Waals surface area contributed by atoms with Gasteiger partial charge in [-0.3, -0.25) is 9.59 Å². The van der Waals surface area contributed by atoms with Gasteiger partial charge in [0.25, 0.3) is 0 Å². The summed E-state index contributed by atoms with van der Waals surface area (Å²) in [6.07, 6.45) is 3.31. The molecule has 1 aromatic heterocycles. The maximum atomic E-state index is 13.5. The summed E-state index contributed by atoms with van der Waals surface area (Å²) in [7, 11) is 0. The van der Waals surface area contributed by atoms with E-state index in [9.17, 15) is 14.0 Å². The Morgan fingerprint density at radius 1 is 1.00 bits per heavy atom. The average molecular weight is 329 g/mol. The van der Waals surface area contributed by atoms with Crippen molar-refractivity contribution in [2.24, 2.45) is 0 Å². The van der Waals surface area contributed by atoms with Gasteiger partial charge in [0.05, 0.1) is 5.69 Å². The number of hydrogen-bond donors (Lipinski definition) is 1. The largest absolute Gasteiger partial charge is 0.337 e. The normalized spacial score (nSPS) is 14.4.